The van der Waals surface area contributed by atoms with Gasteiger partial charge in [0, 0.05) is 15.2 Å². The van der Waals surface area contributed by atoms with Crippen LogP contribution >= 0.6 is 0 Å². The molecule has 2 aromatic carbocycles. The van der Waals surface area contributed by atoms with Crippen molar-refractivity contribution in [1.29, 1.82) is 0 Å². The molecule has 0 fully saturated rings. The van der Waals surface area contributed by atoms with Crippen LogP contribution in [0.2, 0.25) is 0 Å². The molecule has 0 spiro atoms. The van der Waals surface area contributed by atoms with Gasteiger partial charge in [0.05, 0.1) is 10.8 Å². The van der Waals surface area contributed by atoms with E-state index in [4.69, 9.17) is 4.42 Å². The molecule has 5 heteroatoms. The normalized spacial score (nSPS) is 12.4. The Balaban J connectivity index is 2.15. The van der Waals surface area contributed by atoms with E-state index in [1.54, 1.807) is 37.3 Å². The maximum absolute atomic E-state index is 12.5. The highest BCUT2D eigenvalue weighted by Crippen LogP contribution is 2.28. The van der Waals surface area contributed by atoms with Crippen molar-refractivity contribution in [1.82, 2.24) is 0 Å². The predicted molar refractivity (Wildman–Crippen MR) is 79.0 cm³/mol. The van der Waals surface area contributed by atoms with Crippen LogP contribution in [0.25, 0.3) is 11.0 Å². The Morgan fingerprint density at radius 1 is 1.10 bits per heavy atom. The van der Waals surface area contributed by atoms with Crippen LogP contribution in [0.4, 0.5) is 0 Å². The molecule has 106 valence electrons. The van der Waals surface area contributed by atoms with Crippen LogP contribution in [0, 0.1) is 6.92 Å². The summed E-state index contributed by atoms with van der Waals surface area (Å²) in [4.78, 5) is 12.5. The number of carboxylic acid groups (broad SMARTS) is 1. The average molecular weight is 300 g/mol. The molecule has 1 unspecified atom stereocenters. The van der Waals surface area contributed by atoms with Crippen molar-refractivity contribution < 1.29 is 18.5 Å². The molecule has 1 heterocycles. The van der Waals surface area contributed by atoms with E-state index in [9.17, 15) is 14.1 Å². The van der Waals surface area contributed by atoms with Crippen LogP contribution < -0.4 is 0 Å². The highest BCUT2D eigenvalue weighted by atomic mass is 32.2. The molecule has 3 aromatic rings. The molecule has 0 bridgehead atoms. The minimum Gasteiger partial charge on any atom is -0.478 e. The lowest BCUT2D eigenvalue weighted by Crippen LogP contribution is -1.97. The zero-order valence-electron chi connectivity index (χ0n) is 11.2. The van der Waals surface area contributed by atoms with E-state index < -0.39 is 16.8 Å². The van der Waals surface area contributed by atoms with E-state index in [0.717, 1.165) is 0 Å². The summed E-state index contributed by atoms with van der Waals surface area (Å²) >= 11 is 0. The molecule has 4 nitrogen and oxygen atoms in total. The van der Waals surface area contributed by atoms with Gasteiger partial charge < -0.3 is 9.52 Å². The van der Waals surface area contributed by atoms with E-state index >= 15 is 0 Å². The molecule has 1 atom stereocenters. The van der Waals surface area contributed by atoms with Gasteiger partial charge >= 0.3 is 5.97 Å². The van der Waals surface area contributed by atoms with E-state index in [-0.39, 0.29) is 5.56 Å². The molecule has 0 amide bonds. The number of aryl methyl sites for hydroxylation is 1. The molecule has 0 saturated carbocycles. The second-order valence-corrected chi connectivity index (χ2v) is 6.06. The molecule has 0 radical (unpaired) electrons. The van der Waals surface area contributed by atoms with Crippen LogP contribution in [0.1, 0.15) is 16.1 Å². The largest absolute Gasteiger partial charge is 0.478 e. The highest BCUT2D eigenvalue weighted by molar-refractivity contribution is 7.85. The Kier molecular flexibility index (Phi) is 3.35. The monoisotopic (exact) mass is 300 g/mol. The topological polar surface area (TPSA) is 67.5 Å². The zero-order chi connectivity index (χ0) is 15.0. The van der Waals surface area contributed by atoms with Gasteiger partial charge in [-0.2, -0.15) is 0 Å². The minimum atomic E-state index is -1.35. The van der Waals surface area contributed by atoms with Crippen LogP contribution in [-0.4, -0.2) is 15.3 Å². The Bertz CT molecular complexity index is 849. The van der Waals surface area contributed by atoms with Crippen LogP contribution in [-0.2, 0) is 10.8 Å². The van der Waals surface area contributed by atoms with Gasteiger partial charge in [0.2, 0.25) is 0 Å². The highest BCUT2D eigenvalue weighted by Gasteiger charge is 2.18. The lowest BCUT2D eigenvalue weighted by molar-refractivity contribution is 0.0697. The maximum Gasteiger partial charge on any atom is 0.339 e. The van der Waals surface area contributed by atoms with Gasteiger partial charge in [-0.1, -0.05) is 18.2 Å². The first-order chi connectivity index (χ1) is 10.1. The number of carboxylic acids is 1. The number of hydrogen-bond donors (Lipinski definition) is 1. The fraction of sp³-hybridized carbons (Fsp3) is 0.0625. The zero-order valence-corrected chi connectivity index (χ0v) is 12.0. The van der Waals surface area contributed by atoms with Gasteiger partial charge in [0.25, 0.3) is 0 Å². The van der Waals surface area contributed by atoms with Crippen molar-refractivity contribution in [2.45, 2.75) is 16.7 Å². The summed E-state index contributed by atoms with van der Waals surface area (Å²) in [6.45, 7) is 1.61. The van der Waals surface area contributed by atoms with Gasteiger partial charge in [-0.25, -0.2) is 9.00 Å². The molecule has 1 N–H and O–H groups in total. The third kappa shape index (κ3) is 2.36. The van der Waals surface area contributed by atoms with Crippen LogP contribution in [0.15, 0.2) is 62.7 Å². The van der Waals surface area contributed by atoms with Crippen LogP contribution in [0.5, 0.6) is 0 Å². The van der Waals surface area contributed by atoms with E-state index in [1.807, 2.05) is 18.2 Å². The molecule has 21 heavy (non-hydrogen) atoms. The number of furan rings is 1. The summed E-state index contributed by atoms with van der Waals surface area (Å²) in [6, 6.07) is 14.0. The first kappa shape index (κ1) is 13.6. The third-order valence-corrected chi connectivity index (χ3v) is 4.60. The molecule has 0 aliphatic carbocycles. The summed E-state index contributed by atoms with van der Waals surface area (Å²) < 4.78 is 17.9. The standard InChI is InChI=1S/C16H12O4S/c1-10-15(16(17)18)13-9-12(7-8-14(13)20-10)21(19)11-5-3-2-4-6-11/h2-9H,1H3,(H,17,18). The molecular formula is C16H12O4S. The fourth-order valence-electron chi connectivity index (χ4n) is 2.26. The van der Waals surface area contributed by atoms with Gasteiger partial charge in [-0.15, -0.1) is 0 Å². The number of aromatic carboxylic acids is 1. The number of fused-ring (bicyclic) bond motifs is 1. The molecule has 0 aliphatic heterocycles. The SMILES string of the molecule is Cc1oc2ccc(S(=O)c3ccccc3)cc2c1C(=O)O. The van der Waals surface area contributed by atoms with E-state index in [1.165, 1.54) is 0 Å². The predicted octanol–water partition coefficient (Wildman–Crippen LogP) is 3.61. The van der Waals surface area contributed by atoms with E-state index in [0.29, 0.717) is 26.5 Å². The summed E-state index contributed by atoms with van der Waals surface area (Å²) in [7, 11) is -1.35. The van der Waals surface area contributed by atoms with Crippen LogP contribution in [0.3, 0.4) is 0 Å². The van der Waals surface area contributed by atoms with Crippen molar-refractivity contribution in [2.24, 2.45) is 0 Å². The molecule has 0 saturated heterocycles. The third-order valence-electron chi connectivity index (χ3n) is 3.22. The quantitative estimate of drug-likeness (QED) is 0.802. The number of benzene rings is 2. The van der Waals surface area contributed by atoms with Crippen molar-refractivity contribution in [3.05, 3.63) is 59.9 Å². The number of carbonyl (C=O) groups is 1. The first-order valence-electron chi connectivity index (χ1n) is 6.31. The Morgan fingerprint density at radius 2 is 1.81 bits per heavy atom. The maximum atomic E-state index is 12.5. The lowest BCUT2D eigenvalue weighted by Gasteiger charge is -2.02. The minimum absolute atomic E-state index is 0.122. The fourth-order valence-corrected chi connectivity index (χ4v) is 3.35. The van der Waals surface area contributed by atoms with Gasteiger partial charge in [0.15, 0.2) is 0 Å². The molecule has 3 rings (SSSR count). The first-order valence-corrected chi connectivity index (χ1v) is 7.46. The van der Waals surface area contributed by atoms with Crippen molar-refractivity contribution in [2.75, 3.05) is 0 Å². The lowest BCUT2D eigenvalue weighted by atomic mass is 10.1. The summed E-state index contributed by atoms with van der Waals surface area (Å²) in [6.07, 6.45) is 0. The van der Waals surface area contributed by atoms with Gasteiger partial charge in [-0.3, -0.25) is 0 Å². The average Bonchev–Trinajstić information content (AvgIpc) is 2.82. The van der Waals surface area contributed by atoms with Gasteiger partial charge in [-0.05, 0) is 37.3 Å². The molecular weight excluding hydrogens is 288 g/mol. The van der Waals surface area contributed by atoms with Crippen molar-refractivity contribution >= 4 is 27.7 Å². The number of rotatable bonds is 3. The van der Waals surface area contributed by atoms with Crippen molar-refractivity contribution in [3.8, 4) is 0 Å². The second kappa shape index (κ2) is 5.18. The Labute approximate surface area is 123 Å². The summed E-state index contributed by atoms with van der Waals surface area (Å²) in [5.41, 5.74) is 0.607. The Hall–Kier alpha value is -2.40. The second-order valence-electron chi connectivity index (χ2n) is 4.58. The van der Waals surface area contributed by atoms with Crippen molar-refractivity contribution in [3.63, 3.8) is 0 Å². The Morgan fingerprint density at radius 3 is 2.48 bits per heavy atom. The molecule has 1 aromatic heterocycles. The summed E-state index contributed by atoms with van der Waals surface area (Å²) in [5.74, 6) is -0.700. The summed E-state index contributed by atoms with van der Waals surface area (Å²) in [5, 5.41) is 9.74. The molecule has 0 aliphatic rings. The van der Waals surface area contributed by atoms with E-state index in [2.05, 4.69) is 0 Å². The smallest absolute Gasteiger partial charge is 0.339 e. The number of hydrogen-bond acceptors (Lipinski definition) is 3. The van der Waals surface area contributed by atoms with Gasteiger partial charge in [0.1, 0.15) is 16.9 Å².